The van der Waals surface area contributed by atoms with Crippen molar-refractivity contribution in [3.05, 3.63) is 35.9 Å². The van der Waals surface area contributed by atoms with E-state index in [0.29, 0.717) is 13.1 Å². The van der Waals surface area contributed by atoms with Gasteiger partial charge in [0.05, 0.1) is 6.04 Å². The molecule has 2 saturated heterocycles. The van der Waals surface area contributed by atoms with Gasteiger partial charge >= 0.3 is 6.09 Å². The first kappa shape index (κ1) is 18.7. The summed E-state index contributed by atoms with van der Waals surface area (Å²) in [5, 5.41) is 0. The second-order valence-corrected chi connectivity index (χ2v) is 8.34. The molecule has 2 aliphatic rings. The predicted octanol–water partition coefficient (Wildman–Crippen LogP) is 4.00. The fraction of sp³-hybridized carbons (Fsp3) is 0.619. The number of ether oxygens (including phenoxy) is 1. The van der Waals surface area contributed by atoms with Gasteiger partial charge in [-0.3, -0.25) is 4.79 Å². The van der Waals surface area contributed by atoms with Gasteiger partial charge in [0, 0.05) is 25.6 Å². The first-order valence-corrected chi connectivity index (χ1v) is 9.68. The summed E-state index contributed by atoms with van der Waals surface area (Å²) in [5.74, 6) is 0.262. The van der Waals surface area contributed by atoms with Crippen LogP contribution in [0.25, 0.3) is 0 Å². The van der Waals surface area contributed by atoms with E-state index in [0.717, 1.165) is 32.2 Å². The molecule has 142 valence electrons. The molecule has 3 rings (SSSR count). The summed E-state index contributed by atoms with van der Waals surface area (Å²) < 4.78 is 5.44. The SMILES string of the molecule is CC(C)(C)OC(=O)N1CCC(C(=O)N2CCC[C@H]2c2ccccc2)CC1. The van der Waals surface area contributed by atoms with Gasteiger partial charge in [-0.05, 0) is 52.0 Å². The van der Waals surface area contributed by atoms with Gasteiger partial charge in [-0.2, -0.15) is 0 Å². The quantitative estimate of drug-likeness (QED) is 0.803. The minimum Gasteiger partial charge on any atom is -0.444 e. The predicted molar refractivity (Wildman–Crippen MR) is 101 cm³/mol. The van der Waals surface area contributed by atoms with Crippen LogP contribution in [0.5, 0.6) is 0 Å². The van der Waals surface area contributed by atoms with Gasteiger partial charge in [0.2, 0.25) is 5.91 Å². The molecule has 0 bridgehead atoms. The van der Waals surface area contributed by atoms with Crippen molar-refractivity contribution in [3.63, 3.8) is 0 Å². The summed E-state index contributed by atoms with van der Waals surface area (Å²) >= 11 is 0. The van der Waals surface area contributed by atoms with Crippen LogP contribution in [0.1, 0.15) is 58.1 Å². The van der Waals surface area contributed by atoms with Gasteiger partial charge in [0.15, 0.2) is 0 Å². The number of carbonyl (C=O) groups is 2. The van der Waals surface area contributed by atoms with E-state index in [1.807, 2.05) is 39.0 Å². The van der Waals surface area contributed by atoms with E-state index >= 15 is 0 Å². The van der Waals surface area contributed by atoms with E-state index in [-0.39, 0.29) is 24.0 Å². The zero-order chi connectivity index (χ0) is 18.7. The molecular weight excluding hydrogens is 328 g/mol. The second-order valence-electron chi connectivity index (χ2n) is 8.34. The molecule has 0 N–H and O–H groups in total. The Bertz CT molecular complexity index is 630. The van der Waals surface area contributed by atoms with Crippen molar-refractivity contribution < 1.29 is 14.3 Å². The lowest BCUT2D eigenvalue weighted by molar-refractivity contribution is -0.138. The molecule has 0 spiro atoms. The Morgan fingerprint density at radius 2 is 1.65 bits per heavy atom. The highest BCUT2D eigenvalue weighted by Crippen LogP contribution is 2.34. The molecule has 2 amide bonds. The largest absolute Gasteiger partial charge is 0.444 e. The number of benzene rings is 1. The number of nitrogens with zero attached hydrogens (tertiary/aromatic N) is 2. The van der Waals surface area contributed by atoms with Crippen LogP contribution in [0.3, 0.4) is 0 Å². The number of carbonyl (C=O) groups excluding carboxylic acids is 2. The number of amides is 2. The Kier molecular flexibility index (Phi) is 5.54. The Labute approximate surface area is 156 Å². The third kappa shape index (κ3) is 4.37. The average Bonchev–Trinajstić information content (AvgIpc) is 3.10. The molecular formula is C21H30N2O3. The maximum absolute atomic E-state index is 13.1. The highest BCUT2D eigenvalue weighted by molar-refractivity contribution is 5.80. The van der Waals surface area contributed by atoms with Gasteiger partial charge in [-0.25, -0.2) is 4.79 Å². The summed E-state index contributed by atoms with van der Waals surface area (Å²) in [6, 6.07) is 10.5. The van der Waals surface area contributed by atoms with Gasteiger partial charge in [-0.15, -0.1) is 0 Å². The van der Waals surface area contributed by atoms with Gasteiger partial charge in [-0.1, -0.05) is 30.3 Å². The molecule has 1 aromatic carbocycles. The number of hydrogen-bond acceptors (Lipinski definition) is 3. The van der Waals surface area contributed by atoms with Crippen molar-refractivity contribution in [1.29, 1.82) is 0 Å². The Hall–Kier alpha value is -2.04. The highest BCUT2D eigenvalue weighted by Gasteiger charge is 2.36. The molecule has 1 aromatic rings. The molecule has 0 aliphatic carbocycles. The van der Waals surface area contributed by atoms with Crippen molar-refractivity contribution in [3.8, 4) is 0 Å². The van der Waals surface area contributed by atoms with Gasteiger partial charge in [0.1, 0.15) is 5.60 Å². The van der Waals surface area contributed by atoms with Crippen LogP contribution in [0.2, 0.25) is 0 Å². The summed E-state index contributed by atoms with van der Waals surface area (Å²) in [6.07, 6.45) is 3.26. The average molecular weight is 358 g/mol. The lowest BCUT2D eigenvalue weighted by Crippen LogP contribution is -2.45. The zero-order valence-corrected chi connectivity index (χ0v) is 16.1. The Morgan fingerprint density at radius 3 is 2.27 bits per heavy atom. The van der Waals surface area contributed by atoms with E-state index in [4.69, 9.17) is 4.74 Å². The number of piperidine rings is 1. The normalized spacial score (nSPS) is 21.7. The number of hydrogen-bond donors (Lipinski definition) is 0. The Morgan fingerprint density at radius 1 is 1.00 bits per heavy atom. The third-order valence-corrected chi connectivity index (χ3v) is 5.22. The third-order valence-electron chi connectivity index (χ3n) is 5.22. The molecule has 5 nitrogen and oxygen atoms in total. The molecule has 0 saturated carbocycles. The molecule has 0 unspecified atom stereocenters. The molecule has 1 atom stereocenters. The van der Waals surface area contributed by atoms with Crippen LogP contribution >= 0.6 is 0 Å². The molecule has 0 radical (unpaired) electrons. The lowest BCUT2D eigenvalue weighted by atomic mass is 9.94. The smallest absolute Gasteiger partial charge is 0.410 e. The van der Waals surface area contributed by atoms with Gasteiger partial charge < -0.3 is 14.5 Å². The van der Waals surface area contributed by atoms with E-state index in [9.17, 15) is 9.59 Å². The second kappa shape index (κ2) is 7.68. The summed E-state index contributed by atoms with van der Waals surface area (Å²) in [4.78, 5) is 29.1. The molecule has 0 aromatic heterocycles. The minimum atomic E-state index is -0.484. The molecule has 2 aliphatic heterocycles. The van der Waals surface area contributed by atoms with E-state index in [1.165, 1.54) is 5.56 Å². The summed E-state index contributed by atoms with van der Waals surface area (Å²) in [5.41, 5.74) is 0.743. The van der Waals surface area contributed by atoms with E-state index in [1.54, 1.807) is 4.90 Å². The first-order valence-electron chi connectivity index (χ1n) is 9.68. The monoisotopic (exact) mass is 358 g/mol. The highest BCUT2D eigenvalue weighted by atomic mass is 16.6. The molecule has 2 heterocycles. The standard InChI is InChI=1S/C21H30N2O3/c1-21(2,3)26-20(25)22-14-11-17(12-15-22)19(24)23-13-7-10-18(23)16-8-5-4-6-9-16/h4-6,8-9,17-18H,7,10-15H2,1-3H3/t18-/m0/s1. The molecule has 2 fully saturated rings. The fourth-order valence-corrected chi connectivity index (χ4v) is 3.92. The zero-order valence-electron chi connectivity index (χ0n) is 16.1. The van der Waals surface area contributed by atoms with Crippen LogP contribution in [0.4, 0.5) is 4.79 Å². The Balaban J connectivity index is 1.57. The topological polar surface area (TPSA) is 49.9 Å². The van der Waals surface area contributed by atoms with Crippen molar-refractivity contribution >= 4 is 12.0 Å². The van der Waals surface area contributed by atoms with Crippen molar-refractivity contribution in [2.75, 3.05) is 19.6 Å². The molecule has 5 heteroatoms. The summed E-state index contributed by atoms with van der Waals surface area (Å²) in [6.45, 7) is 7.64. The maximum atomic E-state index is 13.1. The van der Waals surface area contributed by atoms with Gasteiger partial charge in [0.25, 0.3) is 0 Å². The van der Waals surface area contributed by atoms with Crippen molar-refractivity contribution in [2.24, 2.45) is 5.92 Å². The fourth-order valence-electron chi connectivity index (χ4n) is 3.92. The van der Waals surface area contributed by atoms with Crippen LogP contribution < -0.4 is 0 Å². The van der Waals surface area contributed by atoms with Crippen molar-refractivity contribution in [2.45, 2.75) is 58.1 Å². The van der Waals surface area contributed by atoms with Crippen LogP contribution in [-0.2, 0) is 9.53 Å². The minimum absolute atomic E-state index is 0.0120. The maximum Gasteiger partial charge on any atom is 0.410 e. The summed E-state index contributed by atoms with van der Waals surface area (Å²) in [7, 11) is 0. The van der Waals surface area contributed by atoms with Crippen LogP contribution in [-0.4, -0.2) is 47.0 Å². The van der Waals surface area contributed by atoms with Crippen molar-refractivity contribution in [1.82, 2.24) is 9.80 Å². The molecule has 26 heavy (non-hydrogen) atoms. The lowest BCUT2D eigenvalue weighted by Gasteiger charge is -2.35. The first-order chi connectivity index (χ1) is 12.3. The van der Waals surface area contributed by atoms with Crippen LogP contribution in [0.15, 0.2) is 30.3 Å². The number of likely N-dealkylation sites (tertiary alicyclic amines) is 2. The van der Waals surface area contributed by atoms with E-state index in [2.05, 4.69) is 17.0 Å². The van der Waals surface area contributed by atoms with Crippen LogP contribution in [0, 0.1) is 5.92 Å². The van der Waals surface area contributed by atoms with E-state index < -0.39 is 5.60 Å². The number of rotatable bonds is 2.